The maximum absolute atomic E-state index is 11.1. The van der Waals surface area contributed by atoms with E-state index < -0.39 is 0 Å². The number of hydrogen-bond acceptors (Lipinski definition) is 3. The Morgan fingerprint density at radius 3 is 2.87 bits per heavy atom. The minimum Gasteiger partial charge on any atom is -0.481 e. The molecule has 0 saturated carbocycles. The number of anilines is 2. The highest BCUT2D eigenvalue weighted by Gasteiger charge is 2.21. The zero-order chi connectivity index (χ0) is 11.0. The molecule has 0 radical (unpaired) electrons. The van der Waals surface area contributed by atoms with Crippen molar-refractivity contribution in [1.29, 1.82) is 0 Å². The van der Waals surface area contributed by atoms with Crippen molar-refractivity contribution in [3.8, 4) is 5.75 Å². The van der Waals surface area contributed by atoms with Gasteiger partial charge in [0.2, 0.25) is 0 Å². The normalized spacial score (nSPS) is 14.5. The number of carbonyl (C=O) groups excluding carboxylic acids is 1. The van der Waals surface area contributed by atoms with Crippen molar-refractivity contribution in [2.45, 2.75) is 19.8 Å². The zero-order valence-corrected chi connectivity index (χ0v) is 8.83. The van der Waals surface area contributed by atoms with Gasteiger partial charge in [0.25, 0.3) is 5.91 Å². The van der Waals surface area contributed by atoms with E-state index in [1.807, 2.05) is 6.07 Å². The van der Waals surface area contributed by atoms with E-state index in [1.54, 1.807) is 6.07 Å². The summed E-state index contributed by atoms with van der Waals surface area (Å²) in [6.07, 6.45) is 0. The maximum atomic E-state index is 11.1. The molecular formula is C11H14N2O2. The Morgan fingerprint density at radius 1 is 1.47 bits per heavy atom. The third kappa shape index (κ3) is 1.75. The van der Waals surface area contributed by atoms with Crippen LogP contribution in [0.1, 0.15) is 25.3 Å². The van der Waals surface area contributed by atoms with E-state index in [2.05, 4.69) is 19.2 Å². The molecule has 1 heterocycles. The molecule has 1 aromatic rings. The third-order valence-corrected chi connectivity index (χ3v) is 2.38. The summed E-state index contributed by atoms with van der Waals surface area (Å²) in [4.78, 5) is 11.1. The second-order valence-corrected chi connectivity index (χ2v) is 3.98. The molecule has 0 fully saturated rings. The predicted molar refractivity (Wildman–Crippen MR) is 59.1 cm³/mol. The number of nitrogens with two attached hydrogens (primary N) is 1. The van der Waals surface area contributed by atoms with E-state index in [0.717, 1.165) is 11.3 Å². The Bertz CT molecular complexity index is 413. The fourth-order valence-corrected chi connectivity index (χ4v) is 1.68. The van der Waals surface area contributed by atoms with E-state index in [-0.39, 0.29) is 12.5 Å². The second-order valence-electron chi connectivity index (χ2n) is 3.98. The monoisotopic (exact) mass is 206 g/mol. The predicted octanol–water partition coefficient (Wildman–Crippen LogP) is 1.72. The van der Waals surface area contributed by atoms with Crippen LogP contribution < -0.4 is 15.8 Å². The van der Waals surface area contributed by atoms with Crippen molar-refractivity contribution >= 4 is 17.3 Å². The van der Waals surface area contributed by atoms with E-state index in [4.69, 9.17) is 10.5 Å². The maximum Gasteiger partial charge on any atom is 0.262 e. The number of carbonyl (C=O) groups is 1. The molecule has 80 valence electrons. The highest BCUT2D eigenvalue weighted by molar-refractivity contribution is 5.96. The number of fused-ring (bicyclic) bond motifs is 1. The summed E-state index contributed by atoms with van der Waals surface area (Å²) in [7, 11) is 0. The van der Waals surface area contributed by atoms with E-state index in [1.165, 1.54) is 0 Å². The lowest BCUT2D eigenvalue weighted by atomic mass is 10.00. The topological polar surface area (TPSA) is 64.3 Å². The van der Waals surface area contributed by atoms with Gasteiger partial charge in [-0.05, 0) is 18.1 Å². The van der Waals surface area contributed by atoms with E-state index in [9.17, 15) is 4.79 Å². The van der Waals surface area contributed by atoms with Crippen LogP contribution in [-0.2, 0) is 4.79 Å². The smallest absolute Gasteiger partial charge is 0.262 e. The average molecular weight is 206 g/mol. The van der Waals surface area contributed by atoms with Gasteiger partial charge in [-0.25, -0.2) is 0 Å². The highest BCUT2D eigenvalue weighted by Crippen LogP contribution is 2.37. The largest absolute Gasteiger partial charge is 0.481 e. The third-order valence-electron chi connectivity index (χ3n) is 2.38. The molecule has 1 aromatic carbocycles. The van der Waals surface area contributed by atoms with Crippen molar-refractivity contribution in [2.24, 2.45) is 0 Å². The van der Waals surface area contributed by atoms with Crippen molar-refractivity contribution in [3.05, 3.63) is 17.7 Å². The minimum atomic E-state index is -0.136. The summed E-state index contributed by atoms with van der Waals surface area (Å²) in [5.74, 6) is 0.929. The summed E-state index contributed by atoms with van der Waals surface area (Å²) in [5, 5.41) is 2.75. The van der Waals surface area contributed by atoms with Crippen molar-refractivity contribution in [3.63, 3.8) is 0 Å². The van der Waals surface area contributed by atoms with Crippen molar-refractivity contribution in [2.75, 3.05) is 17.7 Å². The summed E-state index contributed by atoms with van der Waals surface area (Å²) >= 11 is 0. The van der Waals surface area contributed by atoms with Gasteiger partial charge in [0.15, 0.2) is 6.61 Å². The molecule has 0 aromatic heterocycles. The SMILES string of the molecule is CC(C)c1cc(N)cc2c1OCC(=O)N2. The summed E-state index contributed by atoms with van der Waals surface area (Å²) in [6, 6.07) is 3.61. The van der Waals surface area contributed by atoms with Gasteiger partial charge in [-0.3, -0.25) is 4.79 Å². The van der Waals surface area contributed by atoms with Crippen LogP contribution in [0.3, 0.4) is 0 Å². The highest BCUT2D eigenvalue weighted by atomic mass is 16.5. The van der Waals surface area contributed by atoms with Gasteiger partial charge in [0.1, 0.15) is 5.75 Å². The van der Waals surface area contributed by atoms with Crippen LogP contribution in [0.2, 0.25) is 0 Å². The van der Waals surface area contributed by atoms with Crippen LogP contribution >= 0.6 is 0 Å². The molecule has 0 unspecified atom stereocenters. The average Bonchev–Trinajstić information content (AvgIpc) is 2.15. The van der Waals surface area contributed by atoms with Gasteiger partial charge in [0, 0.05) is 11.3 Å². The molecule has 0 atom stereocenters. The first kappa shape index (κ1) is 9.83. The lowest BCUT2D eigenvalue weighted by molar-refractivity contribution is -0.118. The number of nitrogen functional groups attached to an aromatic ring is 1. The molecule has 3 N–H and O–H groups in total. The fraction of sp³-hybridized carbons (Fsp3) is 0.364. The Morgan fingerprint density at radius 2 is 2.20 bits per heavy atom. The van der Waals surface area contributed by atoms with Gasteiger partial charge < -0.3 is 15.8 Å². The van der Waals surface area contributed by atoms with Gasteiger partial charge in [-0.2, -0.15) is 0 Å². The Balaban J connectivity index is 2.53. The van der Waals surface area contributed by atoms with Gasteiger partial charge in [-0.15, -0.1) is 0 Å². The number of amides is 1. The summed E-state index contributed by atoms with van der Waals surface area (Å²) in [6.45, 7) is 4.21. The molecule has 15 heavy (non-hydrogen) atoms. The molecule has 1 aliphatic rings. The summed E-state index contributed by atoms with van der Waals surface area (Å²) in [5.41, 5.74) is 8.11. The number of rotatable bonds is 1. The molecule has 2 rings (SSSR count). The first-order chi connectivity index (χ1) is 7.08. The molecule has 0 saturated heterocycles. The van der Waals surface area contributed by atoms with Crippen LogP contribution in [0, 0.1) is 0 Å². The molecule has 4 heteroatoms. The van der Waals surface area contributed by atoms with Crippen LogP contribution in [0.4, 0.5) is 11.4 Å². The van der Waals surface area contributed by atoms with Gasteiger partial charge in [-0.1, -0.05) is 13.8 Å². The number of hydrogen-bond donors (Lipinski definition) is 2. The second kappa shape index (κ2) is 3.46. The van der Waals surface area contributed by atoms with Gasteiger partial charge in [0.05, 0.1) is 5.69 Å². The molecule has 0 bridgehead atoms. The molecule has 4 nitrogen and oxygen atoms in total. The van der Waals surface area contributed by atoms with Crippen LogP contribution in [0.25, 0.3) is 0 Å². The van der Waals surface area contributed by atoms with E-state index >= 15 is 0 Å². The Kier molecular flexibility index (Phi) is 2.26. The fourth-order valence-electron chi connectivity index (χ4n) is 1.68. The first-order valence-electron chi connectivity index (χ1n) is 4.94. The Labute approximate surface area is 88.4 Å². The van der Waals surface area contributed by atoms with Crippen LogP contribution in [0.15, 0.2) is 12.1 Å². The van der Waals surface area contributed by atoms with Crippen molar-refractivity contribution < 1.29 is 9.53 Å². The molecule has 0 spiro atoms. The zero-order valence-electron chi connectivity index (χ0n) is 8.83. The molecular weight excluding hydrogens is 192 g/mol. The lowest BCUT2D eigenvalue weighted by Gasteiger charge is -2.22. The standard InChI is InChI=1S/C11H14N2O2/c1-6(2)8-3-7(12)4-9-11(8)15-5-10(14)13-9/h3-4,6H,5,12H2,1-2H3,(H,13,14). The molecule has 1 amide bonds. The summed E-state index contributed by atoms with van der Waals surface area (Å²) < 4.78 is 5.42. The quantitative estimate of drug-likeness (QED) is 0.688. The van der Waals surface area contributed by atoms with Crippen LogP contribution in [0.5, 0.6) is 5.75 Å². The Hall–Kier alpha value is -1.71. The molecule has 1 aliphatic heterocycles. The number of ether oxygens (including phenoxy) is 1. The minimum absolute atomic E-state index is 0.0800. The van der Waals surface area contributed by atoms with Crippen molar-refractivity contribution in [1.82, 2.24) is 0 Å². The van der Waals surface area contributed by atoms with E-state index in [0.29, 0.717) is 17.3 Å². The first-order valence-corrected chi connectivity index (χ1v) is 4.94. The van der Waals surface area contributed by atoms with Crippen LogP contribution in [-0.4, -0.2) is 12.5 Å². The number of benzene rings is 1. The lowest BCUT2D eigenvalue weighted by Crippen LogP contribution is -2.26. The molecule has 0 aliphatic carbocycles. The number of nitrogens with one attached hydrogen (secondary N) is 1. The van der Waals surface area contributed by atoms with Gasteiger partial charge >= 0.3 is 0 Å².